The molecule has 0 atom stereocenters. The molecule has 2 amide bonds. The molecule has 0 bridgehead atoms. The topological polar surface area (TPSA) is 102 Å². The predicted molar refractivity (Wildman–Crippen MR) is 129 cm³/mol. The monoisotopic (exact) mass is 458 g/mol. The average molecular weight is 459 g/mol. The van der Waals surface area contributed by atoms with Crippen LogP contribution in [-0.2, 0) is 4.79 Å². The van der Waals surface area contributed by atoms with Gasteiger partial charge in [0.1, 0.15) is 0 Å². The molecule has 0 aliphatic rings. The van der Waals surface area contributed by atoms with E-state index in [9.17, 15) is 9.59 Å². The molecule has 4 aromatic rings. The van der Waals surface area contributed by atoms with Crippen molar-refractivity contribution in [2.75, 3.05) is 16.4 Å². The number of carbonyl (C=O) groups excluding carboxylic acids is 2. The normalized spacial score (nSPS) is 10.6. The van der Waals surface area contributed by atoms with E-state index in [4.69, 9.17) is 0 Å². The SMILES string of the molecule is Cc1ccc(C)c(-n2nnnc2SCC(=O)Nc2ccccc2C(=O)Nc2ccccc2)c1. The first-order valence-corrected chi connectivity index (χ1v) is 11.2. The molecule has 166 valence electrons. The first-order valence-electron chi connectivity index (χ1n) is 10.3. The smallest absolute Gasteiger partial charge is 0.257 e. The minimum absolute atomic E-state index is 0.0832. The minimum Gasteiger partial charge on any atom is -0.325 e. The molecule has 1 aromatic heterocycles. The minimum atomic E-state index is -0.302. The van der Waals surface area contributed by atoms with E-state index < -0.39 is 0 Å². The van der Waals surface area contributed by atoms with Crippen molar-refractivity contribution in [3.05, 3.63) is 89.5 Å². The number of nitrogens with zero attached hydrogens (tertiary/aromatic N) is 4. The largest absolute Gasteiger partial charge is 0.325 e. The fraction of sp³-hybridized carbons (Fsp3) is 0.125. The quantitative estimate of drug-likeness (QED) is 0.401. The third-order valence-electron chi connectivity index (χ3n) is 4.84. The van der Waals surface area contributed by atoms with Gasteiger partial charge in [-0.25, -0.2) is 0 Å². The summed E-state index contributed by atoms with van der Waals surface area (Å²) in [7, 11) is 0. The summed E-state index contributed by atoms with van der Waals surface area (Å²) < 4.78 is 1.63. The van der Waals surface area contributed by atoms with E-state index in [1.54, 1.807) is 41.1 Å². The molecule has 0 aliphatic heterocycles. The average Bonchev–Trinajstić information content (AvgIpc) is 3.29. The molecule has 1 heterocycles. The lowest BCUT2D eigenvalue weighted by molar-refractivity contribution is -0.113. The van der Waals surface area contributed by atoms with Gasteiger partial charge in [-0.15, -0.1) is 5.10 Å². The van der Waals surface area contributed by atoms with E-state index in [1.807, 2.05) is 50.2 Å². The van der Waals surface area contributed by atoms with Crippen LogP contribution in [0, 0.1) is 13.8 Å². The Morgan fingerprint density at radius 2 is 1.70 bits per heavy atom. The zero-order valence-electron chi connectivity index (χ0n) is 18.1. The summed E-state index contributed by atoms with van der Waals surface area (Å²) in [4.78, 5) is 25.4. The Morgan fingerprint density at radius 3 is 2.52 bits per heavy atom. The molecule has 3 aromatic carbocycles. The number of amides is 2. The zero-order valence-corrected chi connectivity index (χ0v) is 19.0. The van der Waals surface area contributed by atoms with Crippen molar-refractivity contribution in [2.45, 2.75) is 19.0 Å². The van der Waals surface area contributed by atoms with Crippen LogP contribution in [0.25, 0.3) is 5.69 Å². The third-order valence-corrected chi connectivity index (χ3v) is 5.76. The highest BCUT2D eigenvalue weighted by Crippen LogP contribution is 2.23. The van der Waals surface area contributed by atoms with Gasteiger partial charge in [0.2, 0.25) is 11.1 Å². The van der Waals surface area contributed by atoms with E-state index in [0.717, 1.165) is 16.8 Å². The summed E-state index contributed by atoms with van der Waals surface area (Å²) in [6, 6.07) is 22.1. The second-order valence-electron chi connectivity index (χ2n) is 7.37. The van der Waals surface area contributed by atoms with Crippen molar-refractivity contribution in [1.29, 1.82) is 0 Å². The highest BCUT2D eigenvalue weighted by Gasteiger charge is 2.16. The van der Waals surface area contributed by atoms with Gasteiger partial charge in [-0.3, -0.25) is 9.59 Å². The third kappa shape index (κ3) is 5.45. The van der Waals surface area contributed by atoms with E-state index >= 15 is 0 Å². The number of nitrogens with one attached hydrogen (secondary N) is 2. The van der Waals surface area contributed by atoms with Gasteiger partial charge < -0.3 is 10.6 Å². The lowest BCUT2D eigenvalue weighted by Crippen LogP contribution is -2.19. The van der Waals surface area contributed by atoms with Gasteiger partial charge in [-0.2, -0.15) is 4.68 Å². The Balaban J connectivity index is 1.43. The summed E-state index contributed by atoms with van der Waals surface area (Å²) in [5.41, 5.74) is 4.47. The van der Waals surface area contributed by atoms with Crippen molar-refractivity contribution in [3.8, 4) is 5.69 Å². The number of anilines is 2. The number of benzene rings is 3. The van der Waals surface area contributed by atoms with Crippen molar-refractivity contribution in [2.24, 2.45) is 0 Å². The van der Waals surface area contributed by atoms with Gasteiger partial charge in [-0.05, 0) is 65.7 Å². The zero-order chi connectivity index (χ0) is 23.2. The molecule has 0 radical (unpaired) electrons. The van der Waals surface area contributed by atoms with Crippen LogP contribution in [0.2, 0.25) is 0 Å². The lowest BCUT2D eigenvalue weighted by Gasteiger charge is -2.12. The summed E-state index contributed by atoms with van der Waals surface area (Å²) in [5, 5.41) is 18.1. The first kappa shape index (κ1) is 22.2. The molecule has 0 unspecified atom stereocenters. The molecular weight excluding hydrogens is 436 g/mol. The summed E-state index contributed by atoms with van der Waals surface area (Å²) in [6.45, 7) is 3.98. The van der Waals surface area contributed by atoms with Crippen molar-refractivity contribution < 1.29 is 9.59 Å². The summed E-state index contributed by atoms with van der Waals surface area (Å²) in [5.74, 6) is -0.487. The predicted octanol–water partition coefficient (Wildman–Crippen LogP) is 4.26. The van der Waals surface area contributed by atoms with Gasteiger partial charge in [0.25, 0.3) is 5.91 Å². The van der Waals surface area contributed by atoms with Crippen LogP contribution in [0.4, 0.5) is 11.4 Å². The first-order chi connectivity index (χ1) is 16.0. The van der Waals surface area contributed by atoms with Crippen LogP contribution < -0.4 is 10.6 Å². The van der Waals surface area contributed by atoms with Gasteiger partial charge in [-0.1, -0.05) is 54.2 Å². The van der Waals surface area contributed by atoms with Crippen molar-refractivity contribution in [1.82, 2.24) is 20.2 Å². The molecule has 9 heteroatoms. The van der Waals surface area contributed by atoms with Gasteiger partial charge in [0, 0.05) is 5.69 Å². The number of thioether (sulfide) groups is 1. The number of tetrazole rings is 1. The number of aromatic nitrogens is 4. The summed E-state index contributed by atoms with van der Waals surface area (Å²) >= 11 is 1.22. The van der Waals surface area contributed by atoms with Crippen LogP contribution >= 0.6 is 11.8 Å². The van der Waals surface area contributed by atoms with Gasteiger partial charge >= 0.3 is 0 Å². The number of para-hydroxylation sites is 2. The number of hydrogen-bond acceptors (Lipinski definition) is 6. The Bertz CT molecular complexity index is 1290. The Labute approximate surface area is 195 Å². The van der Waals surface area contributed by atoms with Crippen LogP contribution in [0.15, 0.2) is 78.0 Å². The molecule has 4 rings (SSSR count). The maximum absolute atomic E-state index is 12.7. The van der Waals surface area contributed by atoms with Crippen LogP contribution in [-0.4, -0.2) is 37.8 Å². The molecule has 0 spiro atoms. The fourth-order valence-electron chi connectivity index (χ4n) is 3.19. The van der Waals surface area contributed by atoms with Crippen LogP contribution in [0.1, 0.15) is 21.5 Å². The van der Waals surface area contributed by atoms with E-state index in [1.165, 1.54) is 11.8 Å². The lowest BCUT2D eigenvalue weighted by atomic mass is 10.1. The Kier molecular flexibility index (Phi) is 6.80. The number of rotatable bonds is 7. The molecule has 0 saturated heterocycles. The summed E-state index contributed by atoms with van der Waals surface area (Å²) in [6.07, 6.45) is 0. The van der Waals surface area contributed by atoms with Crippen molar-refractivity contribution >= 4 is 35.0 Å². The van der Waals surface area contributed by atoms with Crippen molar-refractivity contribution in [3.63, 3.8) is 0 Å². The standard InChI is InChI=1S/C24H22N6O2S/c1-16-12-13-17(2)21(14-16)30-24(27-28-29-30)33-15-22(31)26-20-11-7-6-10-19(20)23(32)25-18-8-4-3-5-9-18/h3-14H,15H2,1-2H3,(H,25,32)(H,26,31). The molecule has 0 fully saturated rings. The molecule has 8 nitrogen and oxygen atoms in total. The molecule has 0 aliphatic carbocycles. The van der Waals surface area contributed by atoms with Crippen LogP contribution in [0.5, 0.6) is 0 Å². The van der Waals surface area contributed by atoms with Gasteiger partial charge in [0.15, 0.2) is 0 Å². The highest BCUT2D eigenvalue weighted by atomic mass is 32.2. The molecule has 0 saturated carbocycles. The number of hydrogen-bond donors (Lipinski definition) is 2. The van der Waals surface area contributed by atoms with E-state index in [2.05, 4.69) is 26.2 Å². The van der Waals surface area contributed by atoms with Gasteiger partial charge in [0.05, 0.1) is 22.7 Å². The van der Waals surface area contributed by atoms with E-state index in [-0.39, 0.29) is 17.6 Å². The number of aryl methyl sites for hydroxylation is 2. The highest BCUT2D eigenvalue weighted by molar-refractivity contribution is 7.99. The van der Waals surface area contributed by atoms with E-state index in [0.29, 0.717) is 22.1 Å². The molecule has 33 heavy (non-hydrogen) atoms. The molecule has 2 N–H and O–H groups in total. The second kappa shape index (κ2) is 10.1. The maximum Gasteiger partial charge on any atom is 0.257 e. The Morgan fingerprint density at radius 1 is 0.939 bits per heavy atom. The molecular formula is C24H22N6O2S. The number of carbonyl (C=O) groups is 2. The van der Waals surface area contributed by atoms with Crippen LogP contribution in [0.3, 0.4) is 0 Å². The second-order valence-corrected chi connectivity index (χ2v) is 8.31. The fourth-order valence-corrected chi connectivity index (χ4v) is 3.88. The Hall–Kier alpha value is -3.98. The maximum atomic E-state index is 12.7.